The van der Waals surface area contributed by atoms with Crippen LogP contribution < -0.4 is 20.0 Å². The molecule has 1 N–H and O–H groups in total. The number of nitrogens with zero attached hydrogens (tertiary/aromatic N) is 7. The molecule has 1 aromatic heterocycles. The number of ketones is 1. The number of rotatable bonds is 12. The van der Waals surface area contributed by atoms with Crippen LogP contribution in [0.25, 0.3) is 0 Å². The van der Waals surface area contributed by atoms with E-state index in [9.17, 15) is 14.4 Å². The van der Waals surface area contributed by atoms with Crippen LogP contribution in [0.4, 0.5) is 22.1 Å². The average molecular weight is 641 g/mol. The highest BCUT2D eigenvalue weighted by molar-refractivity contribution is 6.19. The second kappa shape index (κ2) is 13.9. The van der Waals surface area contributed by atoms with E-state index < -0.39 is 11.3 Å². The number of carbonyl (C=O) groups is 3. The number of aromatic nitrogens is 1. The molecule has 0 saturated carbocycles. The Labute approximate surface area is 275 Å². The first-order chi connectivity index (χ1) is 22.0. The van der Waals surface area contributed by atoms with Crippen molar-refractivity contribution in [3.05, 3.63) is 12.1 Å². The molecule has 12 nitrogen and oxygen atoms in total. The third kappa shape index (κ3) is 5.91. The molecule has 5 heterocycles. The van der Waals surface area contributed by atoms with Crippen molar-refractivity contribution in [2.45, 2.75) is 97.6 Å². The Morgan fingerprint density at radius 2 is 1.65 bits per heavy atom. The van der Waals surface area contributed by atoms with Crippen molar-refractivity contribution in [1.82, 2.24) is 25.0 Å². The van der Waals surface area contributed by atoms with Crippen LogP contribution in [0.1, 0.15) is 74.1 Å². The molecule has 256 valence electrons. The lowest BCUT2D eigenvalue weighted by atomic mass is 9.91. The average Bonchev–Trinajstić information content (AvgIpc) is 3.75. The van der Waals surface area contributed by atoms with Crippen LogP contribution in [0.2, 0.25) is 0 Å². The van der Waals surface area contributed by atoms with Crippen molar-refractivity contribution < 1.29 is 19.1 Å². The monoisotopic (exact) mass is 640 g/mol. The van der Waals surface area contributed by atoms with Crippen LogP contribution in [0.15, 0.2) is 12.1 Å². The number of pyridine rings is 1. The zero-order valence-corrected chi connectivity index (χ0v) is 29.2. The van der Waals surface area contributed by atoms with Gasteiger partial charge in [-0.2, -0.15) is 0 Å². The summed E-state index contributed by atoms with van der Waals surface area (Å²) in [5, 5.41) is 3.20. The summed E-state index contributed by atoms with van der Waals surface area (Å²) in [6, 6.07) is 4.22. The normalized spacial score (nSPS) is 26.8. The molecule has 4 saturated heterocycles. The first-order valence-corrected chi connectivity index (χ1v) is 17.7. The van der Waals surface area contributed by atoms with Crippen LogP contribution in [0, 0.1) is 0 Å². The zero-order chi connectivity index (χ0) is 33.2. The second-order valence-electron chi connectivity index (χ2n) is 13.4. The first kappa shape index (κ1) is 34.2. The zero-order valence-electron chi connectivity index (χ0n) is 29.2. The van der Waals surface area contributed by atoms with Gasteiger partial charge in [-0.1, -0.05) is 0 Å². The van der Waals surface area contributed by atoms with Crippen molar-refractivity contribution in [1.29, 1.82) is 0 Å². The van der Waals surface area contributed by atoms with Gasteiger partial charge in [-0.3, -0.25) is 14.5 Å². The highest BCUT2D eigenvalue weighted by atomic mass is 16.5. The minimum Gasteiger partial charge on any atom is -0.369 e. The molecule has 3 amide bonds. The van der Waals surface area contributed by atoms with E-state index in [0.29, 0.717) is 45.7 Å². The van der Waals surface area contributed by atoms with Gasteiger partial charge in [0.15, 0.2) is 11.5 Å². The molecule has 0 bridgehead atoms. The summed E-state index contributed by atoms with van der Waals surface area (Å²) in [5.74, 6) is 1.60. The molecule has 4 aliphatic heterocycles. The smallest absolute Gasteiger partial charge is 0.317 e. The maximum Gasteiger partial charge on any atom is 0.317 e. The third-order valence-corrected chi connectivity index (χ3v) is 10.5. The van der Waals surface area contributed by atoms with Crippen LogP contribution in [0.5, 0.6) is 0 Å². The lowest BCUT2D eigenvalue weighted by Crippen LogP contribution is -2.63. The number of amides is 3. The molecule has 0 radical (unpaired) electrons. The number of ether oxygens (including phenoxy) is 1. The van der Waals surface area contributed by atoms with Gasteiger partial charge >= 0.3 is 6.03 Å². The van der Waals surface area contributed by atoms with Gasteiger partial charge in [-0.15, -0.1) is 0 Å². The molecule has 4 fully saturated rings. The number of likely N-dealkylation sites (tertiary alicyclic amines) is 1. The van der Waals surface area contributed by atoms with Crippen molar-refractivity contribution in [3.63, 3.8) is 0 Å². The predicted molar refractivity (Wildman–Crippen MR) is 182 cm³/mol. The van der Waals surface area contributed by atoms with Gasteiger partial charge in [-0.05, 0) is 86.3 Å². The number of fused-ring (bicyclic) bond motifs is 1. The van der Waals surface area contributed by atoms with E-state index in [1.165, 1.54) is 0 Å². The summed E-state index contributed by atoms with van der Waals surface area (Å²) in [7, 11) is 0. The maximum atomic E-state index is 14.1. The van der Waals surface area contributed by atoms with E-state index in [0.717, 1.165) is 69.3 Å². The van der Waals surface area contributed by atoms with Crippen molar-refractivity contribution in [2.75, 3.05) is 86.7 Å². The predicted octanol–water partition coefficient (Wildman–Crippen LogP) is 3.16. The van der Waals surface area contributed by atoms with Gasteiger partial charge in [-0.25, -0.2) is 9.78 Å². The Hall–Kier alpha value is -3.12. The van der Waals surface area contributed by atoms with Crippen LogP contribution in [-0.2, 0) is 14.3 Å². The lowest BCUT2D eigenvalue weighted by Gasteiger charge is -2.42. The summed E-state index contributed by atoms with van der Waals surface area (Å²) in [6.45, 7) is 21.9. The molecule has 12 heteroatoms. The molecule has 3 unspecified atom stereocenters. The van der Waals surface area contributed by atoms with Gasteiger partial charge in [0.05, 0.1) is 11.8 Å². The van der Waals surface area contributed by atoms with E-state index in [2.05, 4.69) is 64.7 Å². The number of hydrogen-bond donors (Lipinski definition) is 1. The van der Waals surface area contributed by atoms with Gasteiger partial charge < -0.3 is 34.6 Å². The molecular weight excluding hydrogens is 584 g/mol. The SMILES string of the molecule is CCN(CC)c1ccc(N(CC)CC)c(N2CCN(C(=O)NCC3CCCN3C34CCCN3C(=O)C(C)(OC(C)C)C4=O)CC2)n1. The molecule has 0 aromatic carbocycles. The fraction of sp³-hybridized carbons (Fsp3) is 0.765. The van der Waals surface area contributed by atoms with Crippen molar-refractivity contribution in [3.8, 4) is 0 Å². The van der Waals surface area contributed by atoms with E-state index in [4.69, 9.17) is 9.72 Å². The van der Waals surface area contributed by atoms with E-state index in [1.807, 2.05) is 18.7 Å². The Balaban J connectivity index is 1.24. The number of carbonyl (C=O) groups excluding carboxylic acids is 3. The molecule has 1 aromatic rings. The Kier molecular flexibility index (Phi) is 10.4. The molecule has 0 spiro atoms. The summed E-state index contributed by atoms with van der Waals surface area (Å²) >= 11 is 0. The number of anilines is 3. The standard InChI is InChI=1S/C34H56N8O4/c1-8-37(9-2)27-15-16-28(38(10-3)11-4)36-29(27)39-20-22-40(23-21-39)32(45)35-24-26-14-12-18-41(26)34-17-13-19-42(34)31(44)33(7,30(34)43)46-25(5)6/h15-16,25-26H,8-14,17-24H2,1-7H3,(H,35,45). The van der Waals surface area contributed by atoms with Gasteiger partial charge in [0.25, 0.3) is 5.91 Å². The molecule has 0 aliphatic carbocycles. The lowest BCUT2D eigenvalue weighted by molar-refractivity contribution is -0.159. The number of hydrogen-bond acceptors (Lipinski definition) is 9. The van der Waals surface area contributed by atoms with Crippen molar-refractivity contribution >= 4 is 35.0 Å². The molecule has 4 aliphatic rings. The molecular formula is C34H56N8O4. The number of Topliss-reactive ketones (excluding diaryl/α,β-unsaturated/α-hetero) is 1. The van der Waals surface area contributed by atoms with Gasteiger partial charge in [0.2, 0.25) is 11.4 Å². The summed E-state index contributed by atoms with van der Waals surface area (Å²) in [4.78, 5) is 59.1. The van der Waals surface area contributed by atoms with E-state index >= 15 is 0 Å². The highest BCUT2D eigenvalue weighted by Crippen LogP contribution is 2.48. The minimum atomic E-state index is -1.46. The summed E-state index contributed by atoms with van der Waals surface area (Å²) in [6.07, 6.45) is 2.95. The third-order valence-electron chi connectivity index (χ3n) is 10.5. The second-order valence-corrected chi connectivity index (χ2v) is 13.4. The largest absolute Gasteiger partial charge is 0.369 e. The Morgan fingerprint density at radius 3 is 2.28 bits per heavy atom. The van der Waals surface area contributed by atoms with Crippen LogP contribution >= 0.6 is 0 Å². The first-order valence-electron chi connectivity index (χ1n) is 17.7. The van der Waals surface area contributed by atoms with E-state index in [1.54, 1.807) is 11.8 Å². The van der Waals surface area contributed by atoms with Crippen molar-refractivity contribution in [2.24, 2.45) is 0 Å². The molecule has 46 heavy (non-hydrogen) atoms. The number of piperazine rings is 1. The topological polar surface area (TPSA) is 105 Å². The molecule has 3 atom stereocenters. The van der Waals surface area contributed by atoms with Gasteiger partial charge in [0.1, 0.15) is 5.82 Å². The Morgan fingerprint density at radius 1 is 0.978 bits per heavy atom. The number of nitrogens with one attached hydrogen (secondary N) is 1. The summed E-state index contributed by atoms with van der Waals surface area (Å²) in [5.41, 5.74) is -1.31. The number of urea groups is 1. The molecule has 5 rings (SSSR count). The minimum absolute atomic E-state index is 0.0207. The maximum absolute atomic E-state index is 14.1. The van der Waals surface area contributed by atoms with Gasteiger partial charge in [0, 0.05) is 78.0 Å². The quantitative estimate of drug-likeness (QED) is 0.345. The fourth-order valence-electron chi connectivity index (χ4n) is 8.22. The summed E-state index contributed by atoms with van der Waals surface area (Å²) < 4.78 is 6.00. The highest BCUT2D eigenvalue weighted by Gasteiger charge is 2.70. The Bertz CT molecular complexity index is 1260. The van der Waals surface area contributed by atoms with Crippen LogP contribution in [-0.4, -0.2) is 133 Å². The van der Waals surface area contributed by atoms with E-state index in [-0.39, 0.29) is 29.9 Å². The fourth-order valence-corrected chi connectivity index (χ4v) is 8.22. The van der Waals surface area contributed by atoms with Crippen LogP contribution in [0.3, 0.4) is 0 Å².